The van der Waals surface area contributed by atoms with Gasteiger partial charge in [-0.25, -0.2) is 0 Å². The molecule has 3 heterocycles. The maximum atomic E-state index is 14.3. The smallest absolute Gasteiger partial charge is 0.482 e. The molecule has 0 radical (unpaired) electrons. The SMILES string of the molecule is CC(C)c1ccc(C(=O)C2=C(OC(C)(C)C)C(=O)N(c3ccc(CN4CCOCC4)nn3)C2c2ccc(OC(F)(F)F)cc2)cc1. The van der Waals surface area contributed by atoms with Gasteiger partial charge in [0.15, 0.2) is 17.4 Å². The summed E-state index contributed by atoms with van der Waals surface area (Å²) in [6, 6.07) is 14.5. The van der Waals surface area contributed by atoms with Crippen molar-refractivity contribution < 1.29 is 37.0 Å². The van der Waals surface area contributed by atoms with Crippen LogP contribution in [0.3, 0.4) is 0 Å². The molecule has 1 atom stereocenters. The van der Waals surface area contributed by atoms with Crippen LogP contribution < -0.4 is 9.64 Å². The van der Waals surface area contributed by atoms with Gasteiger partial charge in [0.2, 0.25) is 0 Å². The van der Waals surface area contributed by atoms with Crippen LogP contribution in [0.5, 0.6) is 5.75 Å². The normalized spacial score (nSPS) is 18.0. The maximum absolute atomic E-state index is 14.3. The lowest BCUT2D eigenvalue weighted by atomic mass is 9.91. The number of rotatable bonds is 9. The molecule has 0 spiro atoms. The van der Waals surface area contributed by atoms with Gasteiger partial charge in [-0.15, -0.1) is 18.3 Å². The molecular formula is C34H37F3N4O5. The van der Waals surface area contributed by atoms with Crippen molar-refractivity contribution in [2.75, 3.05) is 31.2 Å². The third-order valence-electron chi connectivity index (χ3n) is 7.55. The van der Waals surface area contributed by atoms with Gasteiger partial charge in [-0.05, 0) is 62.1 Å². The quantitative estimate of drug-likeness (QED) is 0.250. The monoisotopic (exact) mass is 638 g/mol. The molecule has 2 aromatic carbocycles. The van der Waals surface area contributed by atoms with E-state index in [2.05, 4.69) is 19.8 Å². The number of amides is 1. The first-order valence-electron chi connectivity index (χ1n) is 15.1. The average Bonchev–Trinajstić information content (AvgIpc) is 3.27. The Morgan fingerprint density at radius 2 is 1.59 bits per heavy atom. The van der Waals surface area contributed by atoms with E-state index in [4.69, 9.17) is 9.47 Å². The van der Waals surface area contributed by atoms with Gasteiger partial charge in [0.25, 0.3) is 5.91 Å². The van der Waals surface area contributed by atoms with Gasteiger partial charge < -0.3 is 14.2 Å². The molecular weight excluding hydrogens is 601 g/mol. The molecule has 1 amide bonds. The first kappa shape index (κ1) is 33.1. The minimum absolute atomic E-state index is 0.0425. The van der Waals surface area contributed by atoms with Crippen LogP contribution in [-0.2, 0) is 20.8 Å². The van der Waals surface area contributed by atoms with Crippen molar-refractivity contribution in [3.63, 3.8) is 0 Å². The maximum Gasteiger partial charge on any atom is 0.573 e. The summed E-state index contributed by atoms with van der Waals surface area (Å²) in [5.41, 5.74) is 1.58. The third kappa shape index (κ3) is 7.73. The summed E-state index contributed by atoms with van der Waals surface area (Å²) in [6.45, 7) is 12.7. The average molecular weight is 639 g/mol. The predicted octanol–water partition coefficient (Wildman–Crippen LogP) is 6.37. The molecule has 244 valence electrons. The van der Waals surface area contributed by atoms with E-state index in [9.17, 15) is 22.8 Å². The van der Waals surface area contributed by atoms with Crippen LogP contribution in [0.1, 0.15) is 73.8 Å². The Morgan fingerprint density at radius 1 is 0.935 bits per heavy atom. The number of ketones is 1. The number of alkyl halides is 3. The number of ether oxygens (including phenoxy) is 3. The first-order valence-corrected chi connectivity index (χ1v) is 15.1. The Balaban J connectivity index is 1.59. The third-order valence-corrected chi connectivity index (χ3v) is 7.55. The molecule has 1 unspecified atom stereocenters. The molecule has 5 rings (SSSR count). The van der Waals surface area contributed by atoms with Crippen molar-refractivity contribution in [2.45, 2.75) is 65.1 Å². The van der Waals surface area contributed by atoms with Gasteiger partial charge in [-0.3, -0.25) is 19.4 Å². The van der Waals surface area contributed by atoms with E-state index in [-0.39, 0.29) is 23.1 Å². The molecule has 0 saturated carbocycles. The van der Waals surface area contributed by atoms with Crippen molar-refractivity contribution >= 4 is 17.5 Å². The van der Waals surface area contributed by atoms with Crippen molar-refractivity contribution in [3.8, 4) is 5.75 Å². The van der Waals surface area contributed by atoms with Crippen molar-refractivity contribution in [1.82, 2.24) is 15.1 Å². The predicted molar refractivity (Wildman–Crippen MR) is 164 cm³/mol. The number of hydrogen-bond donors (Lipinski definition) is 0. The standard InChI is InChI=1S/C34H37F3N4O5/c1-21(2)22-6-8-24(9-7-22)30(42)28-29(23-10-13-26(14-11-23)45-34(35,36)37)41(32(43)31(28)46-33(3,4)5)27-15-12-25(38-39-27)20-40-16-18-44-19-17-40/h6-15,21,29H,16-20H2,1-5H3. The van der Waals surface area contributed by atoms with E-state index >= 15 is 0 Å². The number of nitrogens with zero attached hydrogens (tertiary/aromatic N) is 4. The molecule has 0 bridgehead atoms. The molecule has 46 heavy (non-hydrogen) atoms. The summed E-state index contributed by atoms with van der Waals surface area (Å²) in [7, 11) is 0. The zero-order valence-electron chi connectivity index (χ0n) is 26.4. The van der Waals surface area contributed by atoms with Gasteiger partial charge in [0.05, 0.1) is 30.5 Å². The van der Waals surface area contributed by atoms with Crippen molar-refractivity contribution in [3.05, 3.63) is 94.4 Å². The molecule has 2 aliphatic rings. The van der Waals surface area contributed by atoms with Crippen molar-refractivity contribution in [1.29, 1.82) is 0 Å². The number of carbonyl (C=O) groups is 2. The van der Waals surface area contributed by atoms with E-state index in [1.807, 2.05) is 26.0 Å². The van der Waals surface area contributed by atoms with Crippen LogP contribution in [0.15, 0.2) is 72.0 Å². The van der Waals surface area contributed by atoms with E-state index < -0.39 is 35.4 Å². The molecule has 1 saturated heterocycles. The number of anilines is 1. The zero-order valence-corrected chi connectivity index (χ0v) is 26.4. The Bertz CT molecular complexity index is 1580. The van der Waals surface area contributed by atoms with Gasteiger partial charge >= 0.3 is 6.36 Å². The minimum atomic E-state index is -4.88. The molecule has 9 nitrogen and oxygen atoms in total. The van der Waals surface area contributed by atoms with E-state index in [0.29, 0.717) is 36.6 Å². The summed E-state index contributed by atoms with van der Waals surface area (Å²) in [4.78, 5) is 32.0. The first-order chi connectivity index (χ1) is 21.7. The highest BCUT2D eigenvalue weighted by Crippen LogP contribution is 2.44. The Labute approximate surface area is 266 Å². The summed E-state index contributed by atoms with van der Waals surface area (Å²) in [5, 5.41) is 8.75. The van der Waals surface area contributed by atoms with E-state index in [0.717, 1.165) is 30.8 Å². The van der Waals surface area contributed by atoms with Crippen LogP contribution in [-0.4, -0.2) is 65.1 Å². The Kier molecular flexibility index (Phi) is 9.50. The molecule has 0 aliphatic carbocycles. The molecule has 12 heteroatoms. The van der Waals surface area contributed by atoms with Crippen LogP contribution >= 0.6 is 0 Å². The summed E-state index contributed by atoms with van der Waals surface area (Å²) in [5.74, 6) is -1.28. The topological polar surface area (TPSA) is 94.1 Å². The molecule has 1 fully saturated rings. The number of morpholine rings is 1. The largest absolute Gasteiger partial charge is 0.573 e. The molecule has 1 aromatic heterocycles. The minimum Gasteiger partial charge on any atom is -0.482 e. The number of Topliss-reactive ketones (excluding diaryl/α,β-unsaturated/α-hetero) is 1. The fourth-order valence-corrected chi connectivity index (χ4v) is 5.36. The number of hydrogen-bond acceptors (Lipinski definition) is 8. The summed E-state index contributed by atoms with van der Waals surface area (Å²) >= 11 is 0. The van der Waals surface area contributed by atoms with Crippen LogP contribution in [0.25, 0.3) is 0 Å². The summed E-state index contributed by atoms with van der Waals surface area (Å²) < 4.78 is 54.5. The molecule has 3 aromatic rings. The van der Waals surface area contributed by atoms with Crippen LogP contribution in [0, 0.1) is 0 Å². The fourth-order valence-electron chi connectivity index (χ4n) is 5.36. The lowest BCUT2D eigenvalue weighted by Gasteiger charge is -2.27. The van der Waals surface area contributed by atoms with Gasteiger partial charge in [-0.1, -0.05) is 50.2 Å². The lowest BCUT2D eigenvalue weighted by molar-refractivity contribution is -0.274. The molecule has 0 N–H and O–H groups in total. The molecule has 2 aliphatic heterocycles. The highest BCUT2D eigenvalue weighted by atomic mass is 19.4. The number of halogens is 3. The Morgan fingerprint density at radius 3 is 2.13 bits per heavy atom. The van der Waals surface area contributed by atoms with E-state index in [1.54, 1.807) is 45.0 Å². The number of aromatic nitrogens is 2. The second-order valence-electron chi connectivity index (χ2n) is 12.5. The lowest BCUT2D eigenvalue weighted by Crippen LogP contribution is -2.36. The number of benzene rings is 2. The van der Waals surface area contributed by atoms with Crippen LogP contribution in [0.2, 0.25) is 0 Å². The van der Waals surface area contributed by atoms with E-state index in [1.165, 1.54) is 17.0 Å². The Hall–Kier alpha value is -4.29. The van der Waals surface area contributed by atoms with Gasteiger partial charge in [0.1, 0.15) is 11.4 Å². The zero-order chi connectivity index (χ0) is 33.2. The van der Waals surface area contributed by atoms with Crippen LogP contribution in [0.4, 0.5) is 19.0 Å². The fraction of sp³-hybridized carbons (Fsp3) is 0.412. The second kappa shape index (κ2) is 13.2. The highest BCUT2D eigenvalue weighted by molar-refractivity contribution is 6.21. The summed E-state index contributed by atoms with van der Waals surface area (Å²) in [6.07, 6.45) is -4.88. The highest BCUT2D eigenvalue weighted by Gasteiger charge is 2.47. The van der Waals surface area contributed by atoms with Crippen molar-refractivity contribution in [2.24, 2.45) is 0 Å². The van der Waals surface area contributed by atoms with Gasteiger partial charge in [-0.2, -0.15) is 5.10 Å². The van der Waals surface area contributed by atoms with Gasteiger partial charge in [0, 0.05) is 25.2 Å². The second-order valence-corrected chi connectivity index (χ2v) is 12.5. The number of carbonyl (C=O) groups excluding carboxylic acids is 2.